The zero-order valence-corrected chi connectivity index (χ0v) is 13.5. The second-order valence-electron chi connectivity index (χ2n) is 4.97. The van der Waals surface area contributed by atoms with Gasteiger partial charge in [0.25, 0.3) is 0 Å². The van der Waals surface area contributed by atoms with Crippen molar-refractivity contribution in [3.05, 3.63) is 0 Å². The topological polar surface area (TPSA) is 88.8 Å². The maximum absolute atomic E-state index is 12.4. The second-order valence-corrected chi connectivity index (χ2v) is 7.81. The normalized spacial score (nSPS) is 21.2. The number of nitrogens with zero attached hydrogens (tertiary/aromatic N) is 3. The maximum Gasteiger partial charge on any atom is 0.249 e. The molecule has 9 heteroatoms. The van der Waals surface area contributed by atoms with E-state index in [1.807, 2.05) is 11.8 Å². The number of hydrogen-bond acceptors (Lipinski definition) is 7. The van der Waals surface area contributed by atoms with Crippen LogP contribution in [0.25, 0.3) is 0 Å². The zero-order valence-electron chi connectivity index (χ0n) is 11.9. The molecule has 1 aliphatic rings. The van der Waals surface area contributed by atoms with Crippen molar-refractivity contribution in [1.82, 2.24) is 8.68 Å². The van der Waals surface area contributed by atoms with Crippen LogP contribution in [0.2, 0.25) is 0 Å². The molecule has 114 valence electrons. The fourth-order valence-electron chi connectivity index (χ4n) is 2.09. The fourth-order valence-corrected chi connectivity index (χ4v) is 4.35. The Balaban J connectivity index is 2.43. The standard InChI is InChI=1S/C11H20N4O3S2/c1-8-7-15(5-4-6-18-8)11-9(10(12)13-19-11)20(16,17)14(2)3/h8H,4-7H2,1-3H3,(H2,12,13). The van der Waals surface area contributed by atoms with E-state index in [2.05, 4.69) is 4.37 Å². The summed E-state index contributed by atoms with van der Waals surface area (Å²) >= 11 is 1.13. The Bertz CT molecular complexity index is 570. The Hall–Kier alpha value is -0.900. The van der Waals surface area contributed by atoms with Crippen LogP contribution in [0, 0.1) is 0 Å². The lowest BCUT2D eigenvalue weighted by molar-refractivity contribution is 0.0821. The third-order valence-corrected chi connectivity index (χ3v) is 6.07. The summed E-state index contributed by atoms with van der Waals surface area (Å²) in [6.45, 7) is 4.03. The molecule has 1 aromatic rings. The van der Waals surface area contributed by atoms with E-state index in [1.54, 1.807) is 0 Å². The molecule has 20 heavy (non-hydrogen) atoms. The SMILES string of the molecule is CC1CN(c2snc(N)c2S(=O)(=O)N(C)C)CCCO1. The summed E-state index contributed by atoms with van der Waals surface area (Å²) in [5, 5.41) is 0.605. The molecular formula is C11H20N4O3S2. The second kappa shape index (κ2) is 5.84. The zero-order chi connectivity index (χ0) is 14.9. The van der Waals surface area contributed by atoms with E-state index in [0.29, 0.717) is 18.2 Å². The molecule has 0 radical (unpaired) electrons. The third kappa shape index (κ3) is 2.90. The summed E-state index contributed by atoms with van der Waals surface area (Å²) in [6.07, 6.45) is 0.902. The minimum Gasteiger partial charge on any atom is -0.382 e. The van der Waals surface area contributed by atoms with Crippen molar-refractivity contribution in [3.8, 4) is 0 Å². The molecule has 0 saturated carbocycles. The molecule has 1 unspecified atom stereocenters. The number of aromatic nitrogens is 1. The number of nitrogens with two attached hydrogens (primary N) is 1. The van der Waals surface area contributed by atoms with Gasteiger partial charge in [0, 0.05) is 33.8 Å². The van der Waals surface area contributed by atoms with Crippen molar-refractivity contribution >= 4 is 32.4 Å². The molecule has 1 aromatic heterocycles. The summed E-state index contributed by atoms with van der Waals surface area (Å²) in [7, 11) is -0.619. The van der Waals surface area contributed by atoms with E-state index < -0.39 is 10.0 Å². The van der Waals surface area contributed by atoms with Gasteiger partial charge in [-0.2, -0.15) is 4.37 Å². The lowest BCUT2D eigenvalue weighted by Crippen LogP contribution is -2.32. The van der Waals surface area contributed by atoms with Crippen LogP contribution in [0.15, 0.2) is 4.90 Å². The lowest BCUT2D eigenvalue weighted by atomic mass is 10.3. The van der Waals surface area contributed by atoms with Crippen LogP contribution in [-0.2, 0) is 14.8 Å². The number of hydrogen-bond donors (Lipinski definition) is 1. The van der Waals surface area contributed by atoms with Gasteiger partial charge in [0.05, 0.1) is 6.10 Å². The summed E-state index contributed by atoms with van der Waals surface area (Å²) in [6, 6.07) is 0. The van der Waals surface area contributed by atoms with Crippen molar-refractivity contribution in [3.63, 3.8) is 0 Å². The van der Waals surface area contributed by atoms with Gasteiger partial charge < -0.3 is 15.4 Å². The van der Waals surface area contributed by atoms with Crippen molar-refractivity contribution in [2.75, 3.05) is 44.4 Å². The highest BCUT2D eigenvalue weighted by Crippen LogP contribution is 2.36. The average molecular weight is 320 g/mol. The monoisotopic (exact) mass is 320 g/mol. The molecule has 1 saturated heterocycles. The smallest absolute Gasteiger partial charge is 0.249 e. The fraction of sp³-hybridized carbons (Fsp3) is 0.727. The highest BCUT2D eigenvalue weighted by atomic mass is 32.2. The van der Waals surface area contributed by atoms with Crippen LogP contribution in [0.1, 0.15) is 13.3 Å². The van der Waals surface area contributed by atoms with Gasteiger partial charge in [0.15, 0.2) is 10.7 Å². The highest BCUT2D eigenvalue weighted by Gasteiger charge is 2.31. The Morgan fingerprint density at radius 1 is 1.50 bits per heavy atom. The van der Waals surface area contributed by atoms with Gasteiger partial charge in [-0.3, -0.25) is 0 Å². The number of sulfonamides is 1. The van der Waals surface area contributed by atoms with Gasteiger partial charge in [-0.15, -0.1) is 0 Å². The minimum absolute atomic E-state index is 0.0516. The van der Waals surface area contributed by atoms with Crippen LogP contribution in [0.5, 0.6) is 0 Å². The molecule has 0 bridgehead atoms. The molecule has 2 heterocycles. The largest absolute Gasteiger partial charge is 0.382 e. The molecule has 2 rings (SSSR count). The molecule has 0 aromatic carbocycles. The first-order valence-electron chi connectivity index (χ1n) is 6.38. The predicted molar refractivity (Wildman–Crippen MR) is 79.6 cm³/mol. The maximum atomic E-state index is 12.4. The van der Waals surface area contributed by atoms with E-state index in [9.17, 15) is 8.42 Å². The van der Waals surface area contributed by atoms with Gasteiger partial charge in [0.2, 0.25) is 10.0 Å². The third-order valence-electron chi connectivity index (χ3n) is 3.14. The van der Waals surface area contributed by atoms with Crippen molar-refractivity contribution in [1.29, 1.82) is 0 Å². The molecule has 2 N–H and O–H groups in total. The lowest BCUT2D eigenvalue weighted by Gasteiger charge is -2.24. The molecule has 7 nitrogen and oxygen atoms in total. The minimum atomic E-state index is -3.60. The van der Waals surface area contributed by atoms with Crippen LogP contribution in [0.4, 0.5) is 10.8 Å². The van der Waals surface area contributed by atoms with Crippen molar-refractivity contribution in [2.45, 2.75) is 24.3 Å². The number of ether oxygens (including phenoxy) is 1. The first kappa shape index (κ1) is 15.5. The van der Waals surface area contributed by atoms with Crippen LogP contribution in [0.3, 0.4) is 0 Å². The summed E-state index contributed by atoms with van der Waals surface area (Å²) < 4.78 is 35.6. The quantitative estimate of drug-likeness (QED) is 0.877. The van der Waals surface area contributed by atoms with E-state index in [0.717, 1.165) is 28.8 Å². The predicted octanol–water partition coefficient (Wildman–Crippen LogP) is 0.591. The Morgan fingerprint density at radius 3 is 2.85 bits per heavy atom. The van der Waals surface area contributed by atoms with Crippen molar-refractivity contribution in [2.24, 2.45) is 0 Å². The van der Waals surface area contributed by atoms with Gasteiger partial charge in [0.1, 0.15) is 5.00 Å². The summed E-state index contributed by atoms with van der Waals surface area (Å²) in [5.74, 6) is 0.0662. The Labute approximate surface area is 123 Å². The van der Waals surface area contributed by atoms with Gasteiger partial charge >= 0.3 is 0 Å². The molecule has 0 amide bonds. The molecule has 1 fully saturated rings. The number of nitrogen functional groups attached to an aromatic ring is 1. The van der Waals surface area contributed by atoms with Gasteiger partial charge in [-0.1, -0.05) is 0 Å². The van der Waals surface area contributed by atoms with E-state index in [1.165, 1.54) is 14.1 Å². The first-order valence-corrected chi connectivity index (χ1v) is 8.59. The van der Waals surface area contributed by atoms with Gasteiger partial charge in [-0.25, -0.2) is 12.7 Å². The molecule has 0 spiro atoms. The molecule has 1 aliphatic heterocycles. The molecule has 1 atom stereocenters. The Kier molecular flexibility index (Phi) is 4.52. The van der Waals surface area contributed by atoms with Crippen LogP contribution >= 0.6 is 11.5 Å². The number of rotatable bonds is 3. The van der Waals surface area contributed by atoms with E-state index in [-0.39, 0.29) is 16.8 Å². The number of anilines is 2. The molecular weight excluding hydrogens is 300 g/mol. The van der Waals surface area contributed by atoms with Gasteiger partial charge in [-0.05, 0) is 24.9 Å². The van der Waals surface area contributed by atoms with Crippen LogP contribution in [-0.4, -0.2) is 57.0 Å². The van der Waals surface area contributed by atoms with Crippen LogP contribution < -0.4 is 10.6 Å². The molecule has 0 aliphatic carbocycles. The summed E-state index contributed by atoms with van der Waals surface area (Å²) in [5.41, 5.74) is 5.78. The average Bonchev–Trinajstić information content (AvgIpc) is 2.62. The highest BCUT2D eigenvalue weighted by molar-refractivity contribution is 7.89. The van der Waals surface area contributed by atoms with E-state index >= 15 is 0 Å². The van der Waals surface area contributed by atoms with Crippen molar-refractivity contribution < 1.29 is 13.2 Å². The summed E-state index contributed by atoms with van der Waals surface area (Å²) in [4.78, 5) is 2.11. The Morgan fingerprint density at radius 2 is 2.20 bits per heavy atom. The van der Waals surface area contributed by atoms with E-state index in [4.69, 9.17) is 10.5 Å². The first-order chi connectivity index (χ1) is 9.34.